The molecular formula is C16H15N5. The highest BCUT2D eigenvalue weighted by Crippen LogP contribution is 2.10. The van der Waals surface area contributed by atoms with Crippen LogP contribution in [0.3, 0.4) is 0 Å². The quantitative estimate of drug-likeness (QED) is 0.589. The molecule has 5 heteroatoms. The molecule has 0 unspecified atom stereocenters. The van der Waals surface area contributed by atoms with E-state index in [1.807, 2.05) is 60.2 Å². The van der Waals surface area contributed by atoms with Crippen LogP contribution in [-0.2, 0) is 0 Å². The van der Waals surface area contributed by atoms with Gasteiger partial charge in [0.1, 0.15) is 5.82 Å². The first-order chi connectivity index (χ1) is 10.3. The fourth-order valence-corrected chi connectivity index (χ4v) is 1.92. The number of benzene rings is 1. The molecule has 0 aliphatic carbocycles. The summed E-state index contributed by atoms with van der Waals surface area (Å²) in [6, 6.07) is 13.8. The predicted octanol–water partition coefficient (Wildman–Crippen LogP) is 3.10. The lowest BCUT2D eigenvalue weighted by atomic mass is 10.1. The van der Waals surface area contributed by atoms with Crippen LogP contribution in [0.4, 0.5) is 5.82 Å². The van der Waals surface area contributed by atoms with Crippen molar-refractivity contribution in [1.29, 1.82) is 0 Å². The third-order valence-electron chi connectivity index (χ3n) is 3.09. The van der Waals surface area contributed by atoms with Gasteiger partial charge < -0.3 is 4.57 Å². The molecule has 0 atom stereocenters. The third kappa shape index (κ3) is 3.14. The second-order valence-corrected chi connectivity index (χ2v) is 4.54. The zero-order valence-corrected chi connectivity index (χ0v) is 11.6. The maximum Gasteiger partial charge on any atom is 0.146 e. The van der Waals surface area contributed by atoms with Gasteiger partial charge >= 0.3 is 0 Å². The molecule has 0 saturated heterocycles. The van der Waals surface area contributed by atoms with E-state index in [1.165, 1.54) is 0 Å². The highest BCUT2D eigenvalue weighted by atomic mass is 15.3. The second-order valence-electron chi connectivity index (χ2n) is 4.54. The molecule has 1 N–H and O–H groups in total. The number of pyridine rings is 1. The molecule has 21 heavy (non-hydrogen) atoms. The Labute approximate surface area is 123 Å². The summed E-state index contributed by atoms with van der Waals surface area (Å²) in [5.41, 5.74) is 5.98. The van der Waals surface area contributed by atoms with Crippen LogP contribution >= 0.6 is 0 Å². The van der Waals surface area contributed by atoms with E-state index in [2.05, 4.69) is 20.5 Å². The minimum atomic E-state index is 0.729. The number of imidazole rings is 1. The molecule has 104 valence electrons. The molecule has 5 nitrogen and oxygen atoms in total. The Morgan fingerprint density at radius 2 is 1.95 bits per heavy atom. The zero-order chi connectivity index (χ0) is 14.5. The number of hydrogen-bond acceptors (Lipinski definition) is 4. The van der Waals surface area contributed by atoms with E-state index in [0.29, 0.717) is 0 Å². The van der Waals surface area contributed by atoms with Gasteiger partial charge in [-0.1, -0.05) is 18.2 Å². The molecule has 3 aromatic rings. The van der Waals surface area contributed by atoms with Gasteiger partial charge in [0, 0.05) is 24.3 Å². The highest BCUT2D eigenvalue weighted by Gasteiger charge is 2.00. The van der Waals surface area contributed by atoms with Crippen molar-refractivity contribution in [2.45, 2.75) is 6.92 Å². The van der Waals surface area contributed by atoms with Crippen LogP contribution in [-0.4, -0.2) is 20.2 Å². The Morgan fingerprint density at radius 3 is 2.62 bits per heavy atom. The second kappa shape index (κ2) is 6.00. The summed E-state index contributed by atoms with van der Waals surface area (Å²) in [4.78, 5) is 8.21. The number of hydrazone groups is 1. The summed E-state index contributed by atoms with van der Waals surface area (Å²) in [5, 5.41) is 4.34. The Balaban J connectivity index is 1.74. The van der Waals surface area contributed by atoms with Crippen molar-refractivity contribution >= 4 is 11.5 Å². The van der Waals surface area contributed by atoms with E-state index in [4.69, 9.17) is 0 Å². The standard InChI is InChI=1S/C16H15N5/c1-13(19-20-16-4-2-3-9-18-16)14-5-7-15(8-6-14)21-11-10-17-12-21/h2-12H,1H3,(H,18,20)/b19-13-. The Morgan fingerprint density at radius 1 is 1.10 bits per heavy atom. The largest absolute Gasteiger partial charge is 0.306 e. The molecule has 0 aliphatic heterocycles. The van der Waals surface area contributed by atoms with Gasteiger partial charge in [0.05, 0.1) is 12.0 Å². The summed E-state index contributed by atoms with van der Waals surface area (Å²) in [6.45, 7) is 1.96. The van der Waals surface area contributed by atoms with Gasteiger partial charge in [0.2, 0.25) is 0 Å². The van der Waals surface area contributed by atoms with E-state index < -0.39 is 0 Å². The lowest BCUT2D eigenvalue weighted by Gasteiger charge is -2.05. The Bertz CT molecular complexity index is 715. The van der Waals surface area contributed by atoms with E-state index >= 15 is 0 Å². The lowest BCUT2D eigenvalue weighted by molar-refractivity contribution is 1.06. The fourth-order valence-electron chi connectivity index (χ4n) is 1.92. The van der Waals surface area contributed by atoms with Crippen LogP contribution in [0.5, 0.6) is 0 Å². The van der Waals surface area contributed by atoms with Crippen molar-refractivity contribution in [2.24, 2.45) is 5.10 Å². The summed E-state index contributed by atoms with van der Waals surface area (Å²) in [7, 11) is 0. The molecule has 2 heterocycles. The van der Waals surface area contributed by atoms with Gasteiger partial charge in [0.15, 0.2) is 0 Å². The molecule has 1 aromatic carbocycles. The molecular weight excluding hydrogens is 262 g/mol. The highest BCUT2D eigenvalue weighted by molar-refractivity contribution is 5.99. The smallest absolute Gasteiger partial charge is 0.146 e. The van der Waals surface area contributed by atoms with E-state index in [-0.39, 0.29) is 0 Å². The molecule has 2 aromatic heterocycles. The lowest BCUT2D eigenvalue weighted by Crippen LogP contribution is -2.01. The van der Waals surface area contributed by atoms with E-state index in [9.17, 15) is 0 Å². The van der Waals surface area contributed by atoms with Gasteiger partial charge in [0.25, 0.3) is 0 Å². The normalized spacial score (nSPS) is 11.4. The molecule has 0 saturated carbocycles. The van der Waals surface area contributed by atoms with Crippen molar-refractivity contribution in [1.82, 2.24) is 14.5 Å². The molecule has 0 amide bonds. The first-order valence-electron chi connectivity index (χ1n) is 6.63. The van der Waals surface area contributed by atoms with E-state index in [0.717, 1.165) is 22.8 Å². The van der Waals surface area contributed by atoms with Gasteiger partial charge in [-0.3, -0.25) is 5.43 Å². The minimum absolute atomic E-state index is 0.729. The van der Waals surface area contributed by atoms with Crippen LogP contribution in [0.2, 0.25) is 0 Å². The number of anilines is 1. The van der Waals surface area contributed by atoms with Crippen molar-refractivity contribution in [3.05, 3.63) is 72.9 Å². The van der Waals surface area contributed by atoms with Crippen LogP contribution in [0.25, 0.3) is 5.69 Å². The van der Waals surface area contributed by atoms with Gasteiger partial charge in [-0.05, 0) is 36.8 Å². The van der Waals surface area contributed by atoms with Crippen LogP contribution in [0, 0.1) is 0 Å². The van der Waals surface area contributed by atoms with Gasteiger partial charge in [-0.15, -0.1) is 0 Å². The molecule has 0 aliphatic rings. The van der Waals surface area contributed by atoms with Gasteiger partial charge in [-0.25, -0.2) is 9.97 Å². The first kappa shape index (κ1) is 13.1. The van der Waals surface area contributed by atoms with Crippen molar-refractivity contribution in [3.63, 3.8) is 0 Å². The molecule has 0 spiro atoms. The topological polar surface area (TPSA) is 55.1 Å². The number of nitrogens with zero attached hydrogens (tertiary/aromatic N) is 4. The Kier molecular flexibility index (Phi) is 3.73. The molecule has 3 rings (SSSR count). The van der Waals surface area contributed by atoms with Crippen LogP contribution < -0.4 is 5.43 Å². The summed E-state index contributed by atoms with van der Waals surface area (Å²) >= 11 is 0. The minimum Gasteiger partial charge on any atom is -0.306 e. The van der Waals surface area contributed by atoms with Crippen molar-refractivity contribution in [2.75, 3.05) is 5.43 Å². The van der Waals surface area contributed by atoms with E-state index in [1.54, 1.807) is 18.7 Å². The SMILES string of the molecule is C/C(=N/Nc1ccccn1)c1ccc(-n2ccnc2)cc1. The van der Waals surface area contributed by atoms with Gasteiger partial charge in [-0.2, -0.15) is 5.10 Å². The van der Waals surface area contributed by atoms with Crippen molar-refractivity contribution < 1.29 is 0 Å². The average molecular weight is 277 g/mol. The summed E-state index contributed by atoms with van der Waals surface area (Å²) < 4.78 is 1.96. The molecule has 0 fully saturated rings. The third-order valence-corrected chi connectivity index (χ3v) is 3.09. The van der Waals surface area contributed by atoms with Crippen LogP contribution in [0.15, 0.2) is 72.5 Å². The number of nitrogens with one attached hydrogen (secondary N) is 1. The maximum absolute atomic E-state index is 4.34. The predicted molar refractivity (Wildman–Crippen MR) is 83.6 cm³/mol. The monoisotopic (exact) mass is 277 g/mol. The maximum atomic E-state index is 4.34. The summed E-state index contributed by atoms with van der Waals surface area (Å²) in [6.07, 6.45) is 7.18. The Hall–Kier alpha value is -2.95. The summed E-state index contributed by atoms with van der Waals surface area (Å²) in [5.74, 6) is 0.729. The van der Waals surface area contributed by atoms with Crippen LogP contribution in [0.1, 0.15) is 12.5 Å². The number of hydrogen-bond donors (Lipinski definition) is 1. The van der Waals surface area contributed by atoms with Crippen molar-refractivity contribution in [3.8, 4) is 5.69 Å². The average Bonchev–Trinajstić information content (AvgIpc) is 3.08. The number of rotatable bonds is 4. The number of aromatic nitrogens is 3. The fraction of sp³-hybridized carbons (Fsp3) is 0.0625. The first-order valence-corrected chi connectivity index (χ1v) is 6.63. The zero-order valence-electron chi connectivity index (χ0n) is 11.6. The molecule has 0 bridgehead atoms. The molecule has 0 radical (unpaired) electrons.